The van der Waals surface area contributed by atoms with Crippen LogP contribution in [0.5, 0.6) is 0 Å². The molecular weight excluding hydrogens is 286 g/mol. The lowest BCUT2D eigenvalue weighted by Crippen LogP contribution is -2.30. The molecule has 0 aliphatic heterocycles. The molecule has 0 aliphatic carbocycles. The van der Waals surface area contributed by atoms with E-state index in [0.29, 0.717) is 5.56 Å². The molecule has 1 aromatic heterocycles. The zero-order valence-electron chi connectivity index (χ0n) is 12.0. The van der Waals surface area contributed by atoms with Gasteiger partial charge in [0.05, 0.1) is 19.6 Å². The molecule has 1 aromatic carbocycles. The van der Waals surface area contributed by atoms with Gasteiger partial charge >= 0.3 is 5.97 Å². The molecule has 0 spiro atoms. The SMILES string of the molecule is COC(=O)CC(NC(=O)c1cccc(C)c1)c1cccs1. The van der Waals surface area contributed by atoms with E-state index in [1.807, 2.05) is 42.6 Å². The zero-order chi connectivity index (χ0) is 15.2. The summed E-state index contributed by atoms with van der Waals surface area (Å²) in [5.41, 5.74) is 1.60. The molecule has 0 saturated heterocycles. The van der Waals surface area contributed by atoms with Crippen molar-refractivity contribution in [2.45, 2.75) is 19.4 Å². The zero-order valence-corrected chi connectivity index (χ0v) is 12.8. The molecule has 21 heavy (non-hydrogen) atoms. The molecule has 1 N–H and O–H groups in total. The van der Waals surface area contributed by atoms with E-state index >= 15 is 0 Å². The molecule has 5 heteroatoms. The number of amides is 1. The monoisotopic (exact) mass is 303 g/mol. The standard InChI is InChI=1S/C16H17NO3S/c1-11-5-3-6-12(9-11)16(19)17-13(10-15(18)20-2)14-7-4-8-21-14/h3-9,13H,10H2,1-2H3,(H,17,19). The van der Waals surface area contributed by atoms with Crippen molar-refractivity contribution in [3.63, 3.8) is 0 Å². The maximum atomic E-state index is 12.3. The highest BCUT2D eigenvalue weighted by molar-refractivity contribution is 7.10. The van der Waals surface area contributed by atoms with Crippen LogP contribution in [0.1, 0.15) is 33.3 Å². The number of rotatable bonds is 5. The topological polar surface area (TPSA) is 55.4 Å². The number of carbonyl (C=O) groups is 2. The molecule has 1 heterocycles. The minimum absolute atomic E-state index is 0.120. The summed E-state index contributed by atoms with van der Waals surface area (Å²) in [5.74, 6) is -0.543. The van der Waals surface area contributed by atoms with Crippen LogP contribution in [0.15, 0.2) is 41.8 Å². The highest BCUT2D eigenvalue weighted by Gasteiger charge is 2.20. The Balaban J connectivity index is 2.15. The van der Waals surface area contributed by atoms with E-state index in [4.69, 9.17) is 4.74 Å². The first-order valence-corrected chi connectivity index (χ1v) is 7.46. The van der Waals surface area contributed by atoms with E-state index in [1.165, 1.54) is 18.4 Å². The van der Waals surface area contributed by atoms with Gasteiger partial charge in [-0.1, -0.05) is 23.8 Å². The summed E-state index contributed by atoms with van der Waals surface area (Å²) < 4.78 is 4.70. The van der Waals surface area contributed by atoms with Crippen molar-refractivity contribution in [2.24, 2.45) is 0 Å². The summed E-state index contributed by atoms with van der Waals surface area (Å²) >= 11 is 1.50. The van der Waals surface area contributed by atoms with E-state index in [0.717, 1.165) is 10.4 Å². The first-order chi connectivity index (χ1) is 10.1. The molecule has 4 nitrogen and oxygen atoms in total. The minimum atomic E-state index is -0.370. The summed E-state index contributed by atoms with van der Waals surface area (Å²) in [6.45, 7) is 1.93. The second-order valence-corrected chi connectivity index (χ2v) is 5.67. The fraction of sp³-hybridized carbons (Fsp3) is 0.250. The van der Waals surface area contributed by atoms with Gasteiger partial charge in [-0.25, -0.2) is 0 Å². The second-order valence-electron chi connectivity index (χ2n) is 4.69. The van der Waals surface area contributed by atoms with Crippen molar-refractivity contribution < 1.29 is 14.3 Å². The van der Waals surface area contributed by atoms with Crippen molar-refractivity contribution in [1.29, 1.82) is 0 Å². The number of benzene rings is 1. The summed E-state index contributed by atoms with van der Waals surface area (Å²) in [7, 11) is 1.34. The predicted octanol–water partition coefficient (Wildman–Crippen LogP) is 3.09. The van der Waals surface area contributed by atoms with Gasteiger partial charge in [0, 0.05) is 10.4 Å². The number of carbonyl (C=O) groups excluding carboxylic acids is 2. The quantitative estimate of drug-likeness (QED) is 0.864. The van der Waals surface area contributed by atoms with Crippen molar-refractivity contribution in [1.82, 2.24) is 5.32 Å². The predicted molar refractivity (Wildman–Crippen MR) is 82.3 cm³/mol. The molecule has 1 amide bonds. The fourth-order valence-corrected chi connectivity index (χ4v) is 2.77. The van der Waals surface area contributed by atoms with E-state index in [-0.39, 0.29) is 24.3 Å². The largest absolute Gasteiger partial charge is 0.469 e. The van der Waals surface area contributed by atoms with Gasteiger partial charge in [0.2, 0.25) is 0 Å². The number of thiophene rings is 1. The highest BCUT2D eigenvalue weighted by atomic mass is 32.1. The number of hydrogen-bond acceptors (Lipinski definition) is 4. The van der Waals surface area contributed by atoms with Gasteiger partial charge in [-0.2, -0.15) is 0 Å². The van der Waals surface area contributed by atoms with E-state index in [2.05, 4.69) is 5.32 Å². The summed E-state index contributed by atoms with van der Waals surface area (Å²) in [6.07, 6.45) is 0.120. The smallest absolute Gasteiger partial charge is 0.307 e. The Labute approximate surface area is 127 Å². The van der Waals surface area contributed by atoms with Crippen LogP contribution >= 0.6 is 11.3 Å². The van der Waals surface area contributed by atoms with E-state index in [9.17, 15) is 9.59 Å². The van der Waals surface area contributed by atoms with E-state index in [1.54, 1.807) is 6.07 Å². The van der Waals surface area contributed by atoms with Gasteiger partial charge in [-0.05, 0) is 30.5 Å². The van der Waals surface area contributed by atoms with Gasteiger partial charge in [-0.15, -0.1) is 11.3 Å². The molecule has 0 bridgehead atoms. The van der Waals surface area contributed by atoms with Gasteiger partial charge < -0.3 is 10.1 Å². The molecular formula is C16H17NO3S. The number of ether oxygens (including phenoxy) is 1. The van der Waals surface area contributed by atoms with Crippen LogP contribution in [0.3, 0.4) is 0 Å². The average molecular weight is 303 g/mol. The number of nitrogens with one attached hydrogen (secondary N) is 1. The minimum Gasteiger partial charge on any atom is -0.469 e. The molecule has 0 saturated carbocycles. The van der Waals surface area contributed by atoms with E-state index < -0.39 is 0 Å². The number of esters is 1. The number of methoxy groups -OCH3 is 1. The lowest BCUT2D eigenvalue weighted by Gasteiger charge is -2.16. The maximum absolute atomic E-state index is 12.3. The molecule has 0 fully saturated rings. The maximum Gasteiger partial charge on any atom is 0.307 e. The Morgan fingerprint density at radius 3 is 2.71 bits per heavy atom. The summed E-state index contributed by atoms with van der Waals surface area (Å²) in [5, 5.41) is 4.81. The molecule has 110 valence electrons. The van der Waals surface area contributed by atoms with Crippen molar-refractivity contribution >= 4 is 23.2 Å². The molecule has 0 radical (unpaired) electrons. The van der Waals surface area contributed by atoms with Crippen LogP contribution in [0.25, 0.3) is 0 Å². The van der Waals surface area contributed by atoms with Gasteiger partial charge in [0.25, 0.3) is 5.91 Å². The van der Waals surface area contributed by atoms with Crippen molar-refractivity contribution in [3.8, 4) is 0 Å². The third kappa shape index (κ3) is 4.16. The molecule has 2 aromatic rings. The van der Waals surface area contributed by atoms with Crippen LogP contribution < -0.4 is 5.32 Å². The Hall–Kier alpha value is -2.14. The van der Waals surface area contributed by atoms with Crippen LogP contribution in [-0.4, -0.2) is 19.0 Å². The lowest BCUT2D eigenvalue weighted by molar-refractivity contribution is -0.141. The fourth-order valence-electron chi connectivity index (χ4n) is 1.99. The Morgan fingerprint density at radius 1 is 1.29 bits per heavy atom. The summed E-state index contributed by atoms with van der Waals surface area (Å²) in [4.78, 5) is 24.8. The van der Waals surface area contributed by atoms with Gasteiger partial charge in [0.1, 0.15) is 0 Å². The number of aryl methyl sites for hydroxylation is 1. The second kappa shape index (κ2) is 7.04. The van der Waals surface area contributed by atoms with Crippen LogP contribution in [0.2, 0.25) is 0 Å². The Morgan fingerprint density at radius 2 is 2.10 bits per heavy atom. The lowest BCUT2D eigenvalue weighted by atomic mass is 10.1. The Bertz CT molecular complexity index is 622. The van der Waals surface area contributed by atoms with Crippen molar-refractivity contribution in [2.75, 3.05) is 7.11 Å². The molecule has 1 atom stereocenters. The normalized spacial score (nSPS) is 11.7. The van der Waals surface area contributed by atoms with Crippen LogP contribution in [-0.2, 0) is 9.53 Å². The highest BCUT2D eigenvalue weighted by Crippen LogP contribution is 2.23. The van der Waals surface area contributed by atoms with Crippen molar-refractivity contribution in [3.05, 3.63) is 57.8 Å². The third-order valence-electron chi connectivity index (χ3n) is 3.07. The summed E-state index contributed by atoms with van der Waals surface area (Å²) in [6, 6.07) is 10.8. The van der Waals surface area contributed by atoms with Gasteiger partial charge in [0.15, 0.2) is 0 Å². The average Bonchev–Trinajstić information content (AvgIpc) is 3.00. The third-order valence-corrected chi connectivity index (χ3v) is 4.06. The molecule has 1 unspecified atom stereocenters. The first kappa shape index (κ1) is 15.3. The number of hydrogen-bond donors (Lipinski definition) is 1. The van der Waals surface area contributed by atoms with Crippen LogP contribution in [0.4, 0.5) is 0 Å². The molecule has 0 aliphatic rings. The van der Waals surface area contributed by atoms with Crippen LogP contribution in [0, 0.1) is 6.92 Å². The molecule has 2 rings (SSSR count). The first-order valence-electron chi connectivity index (χ1n) is 6.58. The van der Waals surface area contributed by atoms with Gasteiger partial charge in [-0.3, -0.25) is 9.59 Å². The Kier molecular flexibility index (Phi) is 5.11.